The molecule has 1 saturated carbocycles. The molecule has 110 valence electrons. The van der Waals surface area contributed by atoms with Gasteiger partial charge in [0.15, 0.2) is 0 Å². The fraction of sp³-hybridized carbons (Fsp3) is 0.625. The molecular weight excluding hydrogens is 257 g/mol. The topological polar surface area (TPSA) is 50.2 Å². The number of aliphatic carboxylic acids is 1. The predicted molar refractivity (Wildman–Crippen MR) is 74.8 cm³/mol. The van der Waals surface area contributed by atoms with Crippen molar-refractivity contribution in [2.45, 2.75) is 46.0 Å². The number of aromatic nitrogens is 1. The molecular formula is C16H22FNO2. The second kappa shape index (κ2) is 5.90. The Bertz CT molecular complexity index is 479. The van der Waals surface area contributed by atoms with E-state index < -0.39 is 17.2 Å². The van der Waals surface area contributed by atoms with Gasteiger partial charge in [0.05, 0.1) is 11.6 Å². The fourth-order valence-corrected chi connectivity index (χ4v) is 3.27. The highest BCUT2D eigenvalue weighted by molar-refractivity contribution is 5.75. The number of nitrogens with zero attached hydrogens (tertiary/aromatic N) is 1. The maximum atomic E-state index is 13.2. The average Bonchev–Trinajstić information content (AvgIpc) is 2.39. The zero-order chi connectivity index (χ0) is 14.8. The number of hydrogen-bond acceptors (Lipinski definition) is 2. The molecule has 3 nitrogen and oxygen atoms in total. The van der Waals surface area contributed by atoms with Gasteiger partial charge in [-0.2, -0.15) is 0 Å². The van der Waals surface area contributed by atoms with Crippen molar-refractivity contribution in [1.29, 1.82) is 0 Å². The van der Waals surface area contributed by atoms with Crippen molar-refractivity contribution < 1.29 is 14.3 Å². The Labute approximate surface area is 119 Å². The third kappa shape index (κ3) is 3.17. The minimum atomic E-state index is -0.760. The van der Waals surface area contributed by atoms with Crippen molar-refractivity contribution in [3.63, 3.8) is 0 Å². The predicted octanol–water partition coefficient (Wildman–Crippen LogP) is 3.68. The smallest absolute Gasteiger partial charge is 0.309 e. The quantitative estimate of drug-likeness (QED) is 0.914. The van der Waals surface area contributed by atoms with Crippen molar-refractivity contribution in [2.75, 3.05) is 0 Å². The molecule has 1 aromatic rings. The molecule has 0 spiro atoms. The first-order valence-corrected chi connectivity index (χ1v) is 7.26. The van der Waals surface area contributed by atoms with E-state index in [-0.39, 0.29) is 0 Å². The van der Waals surface area contributed by atoms with Gasteiger partial charge in [-0.25, -0.2) is 4.39 Å². The molecule has 0 saturated heterocycles. The summed E-state index contributed by atoms with van der Waals surface area (Å²) in [6.45, 7) is 4.38. The lowest BCUT2D eigenvalue weighted by molar-refractivity contribution is -0.151. The van der Waals surface area contributed by atoms with E-state index in [0.717, 1.165) is 19.0 Å². The summed E-state index contributed by atoms with van der Waals surface area (Å²) in [5.41, 5.74) is -0.0729. The van der Waals surface area contributed by atoms with E-state index in [1.807, 2.05) is 0 Å². The number of rotatable bonds is 4. The van der Waals surface area contributed by atoms with Crippen LogP contribution in [0.4, 0.5) is 4.39 Å². The second-order valence-electron chi connectivity index (χ2n) is 6.36. The van der Waals surface area contributed by atoms with Crippen LogP contribution in [-0.4, -0.2) is 16.1 Å². The average molecular weight is 279 g/mol. The molecule has 2 rings (SSSR count). The zero-order valence-corrected chi connectivity index (χ0v) is 12.1. The summed E-state index contributed by atoms with van der Waals surface area (Å²) in [5.74, 6) is 0.0358. The van der Waals surface area contributed by atoms with Gasteiger partial charge in [-0.05, 0) is 55.6 Å². The number of halogens is 1. The van der Waals surface area contributed by atoms with Crippen LogP contribution in [-0.2, 0) is 11.2 Å². The van der Waals surface area contributed by atoms with Gasteiger partial charge in [-0.1, -0.05) is 13.8 Å². The largest absolute Gasteiger partial charge is 0.481 e. The van der Waals surface area contributed by atoms with Gasteiger partial charge < -0.3 is 5.11 Å². The molecule has 1 heterocycles. The van der Waals surface area contributed by atoms with Gasteiger partial charge in [-0.15, -0.1) is 0 Å². The zero-order valence-electron chi connectivity index (χ0n) is 12.1. The van der Waals surface area contributed by atoms with Crippen LogP contribution in [0, 0.1) is 23.1 Å². The molecule has 0 aromatic carbocycles. The van der Waals surface area contributed by atoms with E-state index in [0.29, 0.717) is 36.7 Å². The van der Waals surface area contributed by atoms with Crippen LogP contribution < -0.4 is 0 Å². The first kappa shape index (κ1) is 14.9. The van der Waals surface area contributed by atoms with Crippen LogP contribution in [0.3, 0.4) is 0 Å². The van der Waals surface area contributed by atoms with Crippen LogP contribution in [0.2, 0.25) is 0 Å². The molecule has 20 heavy (non-hydrogen) atoms. The van der Waals surface area contributed by atoms with Crippen molar-refractivity contribution in [2.24, 2.45) is 17.3 Å². The highest BCUT2D eigenvalue weighted by atomic mass is 19.1. The summed E-state index contributed by atoms with van der Waals surface area (Å²) in [4.78, 5) is 15.5. The van der Waals surface area contributed by atoms with E-state index in [1.54, 1.807) is 6.20 Å². The summed E-state index contributed by atoms with van der Waals surface area (Å²) >= 11 is 0. The minimum absolute atomic E-state index is 0.373. The Kier molecular flexibility index (Phi) is 4.41. The maximum Gasteiger partial charge on any atom is 0.309 e. The normalized spacial score (nSPS) is 26.7. The summed E-state index contributed by atoms with van der Waals surface area (Å²) < 4.78 is 13.2. The van der Waals surface area contributed by atoms with Crippen LogP contribution in [0.25, 0.3) is 0 Å². The number of carboxylic acid groups (broad SMARTS) is 1. The molecule has 0 radical (unpaired) electrons. The highest BCUT2D eigenvalue weighted by Crippen LogP contribution is 2.43. The van der Waals surface area contributed by atoms with Gasteiger partial charge in [-0.3, -0.25) is 9.78 Å². The molecule has 0 aliphatic heterocycles. The third-order valence-corrected chi connectivity index (χ3v) is 4.69. The molecule has 0 atom stereocenters. The molecule has 1 aliphatic carbocycles. The number of hydrogen-bond donors (Lipinski definition) is 1. The first-order chi connectivity index (χ1) is 9.43. The molecule has 1 fully saturated rings. The number of carboxylic acids is 1. The highest BCUT2D eigenvalue weighted by Gasteiger charge is 2.42. The summed E-state index contributed by atoms with van der Waals surface area (Å²) in [6.07, 6.45) is 6.30. The van der Waals surface area contributed by atoms with Crippen molar-refractivity contribution in [3.8, 4) is 0 Å². The second-order valence-corrected chi connectivity index (χ2v) is 6.36. The third-order valence-electron chi connectivity index (χ3n) is 4.69. The van der Waals surface area contributed by atoms with Gasteiger partial charge in [0, 0.05) is 6.20 Å². The van der Waals surface area contributed by atoms with Crippen molar-refractivity contribution >= 4 is 5.97 Å². The SMILES string of the molecule is CC(C)C1CCC(Cc2cncc(F)c2)(C(=O)O)CC1. The Morgan fingerprint density at radius 2 is 2.10 bits per heavy atom. The lowest BCUT2D eigenvalue weighted by Gasteiger charge is -2.38. The minimum Gasteiger partial charge on any atom is -0.481 e. The van der Waals surface area contributed by atoms with Crippen molar-refractivity contribution in [3.05, 3.63) is 29.8 Å². The van der Waals surface area contributed by atoms with Gasteiger partial charge in [0.1, 0.15) is 5.82 Å². The first-order valence-electron chi connectivity index (χ1n) is 7.26. The maximum absolute atomic E-state index is 13.2. The standard InChI is InChI=1S/C16H22FNO2/c1-11(2)13-3-5-16(6-4-13,15(19)20)8-12-7-14(17)10-18-9-12/h7,9-11,13H,3-6,8H2,1-2H3,(H,19,20). The monoisotopic (exact) mass is 279 g/mol. The fourth-order valence-electron chi connectivity index (χ4n) is 3.27. The van der Waals surface area contributed by atoms with Gasteiger partial charge in [0.2, 0.25) is 0 Å². The number of carbonyl (C=O) groups is 1. The lowest BCUT2D eigenvalue weighted by atomic mass is 9.65. The Morgan fingerprint density at radius 1 is 1.45 bits per heavy atom. The molecule has 1 aromatic heterocycles. The molecule has 0 bridgehead atoms. The lowest BCUT2D eigenvalue weighted by Crippen LogP contribution is -2.38. The van der Waals surface area contributed by atoms with Crippen LogP contribution in [0.5, 0.6) is 0 Å². The van der Waals surface area contributed by atoms with Gasteiger partial charge >= 0.3 is 5.97 Å². The molecule has 1 aliphatic rings. The molecule has 1 N–H and O–H groups in total. The van der Waals surface area contributed by atoms with E-state index in [9.17, 15) is 14.3 Å². The summed E-state index contributed by atoms with van der Waals surface area (Å²) in [7, 11) is 0. The summed E-state index contributed by atoms with van der Waals surface area (Å²) in [5, 5.41) is 9.63. The Hall–Kier alpha value is -1.45. The van der Waals surface area contributed by atoms with E-state index >= 15 is 0 Å². The van der Waals surface area contributed by atoms with Crippen LogP contribution in [0.15, 0.2) is 18.5 Å². The van der Waals surface area contributed by atoms with Gasteiger partial charge in [0.25, 0.3) is 0 Å². The van der Waals surface area contributed by atoms with Crippen LogP contribution in [0.1, 0.15) is 45.1 Å². The Morgan fingerprint density at radius 3 is 2.60 bits per heavy atom. The summed E-state index contributed by atoms with van der Waals surface area (Å²) in [6, 6.07) is 1.40. The molecule has 0 amide bonds. The molecule has 4 heteroatoms. The van der Waals surface area contributed by atoms with E-state index in [2.05, 4.69) is 18.8 Å². The number of pyridine rings is 1. The molecule has 0 unspecified atom stereocenters. The van der Waals surface area contributed by atoms with E-state index in [4.69, 9.17) is 0 Å². The van der Waals surface area contributed by atoms with Crippen molar-refractivity contribution in [1.82, 2.24) is 4.98 Å². The van der Waals surface area contributed by atoms with E-state index in [1.165, 1.54) is 6.07 Å². The Balaban J connectivity index is 2.14. The van der Waals surface area contributed by atoms with Crippen LogP contribution >= 0.6 is 0 Å².